The van der Waals surface area contributed by atoms with Gasteiger partial charge in [-0.2, -0.15) is 0 Å². The van der Waals surface area contributed by atoms with E-state index in [0.29, 0.717) is 24.4 Å². The standard InChI is InChI=1S/C28H30F2N2O3S/c1-3-19(2)16-31(28(34)20-7-9-21(29)10-8-20)17-27(33)32-13-11-26-24(12-14-36-26)25(32)18-35-23-6-4-5-22(30)15-23/h4-10,12,14-15,19,25H,3,11,13,16-18H2,1-2H3/t19-,25-/m1/s1. The molecule has 0 saturated heterocycles. The van der Waals surface area contributed by atoms with Gasteiger partial charge in [-0.15, -0.1) is 11.3 Å². The van der Waals surface area contributed by atoms with Gasteiger partial charge in [0.25, 0.3) is 5.91 Å². The van der Waals surface area contributed by atoms with Gasteiger partial charge in [-0.3, -0.25) is 9.59 Å². The molecule has 2 aromatic carbocycles. The molecule has 8 heteroatoms. The van der Waals surface area contributed by atoms with Crippen molar-refractivity contribution < 1.29 is 23.1 Å². The van der Waals surface area contributed by atoms with Gasteiger partial charge >= 0.3 is 0 Å². The van der Waals surface area contributed by atoms with Crippen LogP contribution in [0.2, 0.25) is 0 Å². The fourth-order valence-electron chi connectivity index (χ4n) is 4.36. The molecule has 2 atom stereocenters. The highest BCUT2D eigenvalue weighted by atomic mass is 32.1. The average molecular weight is 513 g/mol. The molecular weight excluding hydrogens is 482 g/mol. The number of halogens is 2. The van der Waals surface area contributed by atoms with Crippen LogP contribution < -0.4 is 4.74 Å². The average Bonchev–Trinajstić information content (AvgIpc) is 3.36. The van der Waals surface area contributed by atoms with Crippen LogP contribution in [0, 0.1) is 17.6 Å². The third-order valence-electron chi connectivity index (χ3n) is 6.55. The summed E-state index contributed by atoms with van der Waals surface area (Å²) in [6.45, 7) is 5.08. The zero-order valence-electron chi connectivity index (χ0n) is 20.5. The highest BCUT2D eigenvalue weighted by molar-refractivity contribution is 7.10. The second kappa shape index (κ2) is 11.6. The molecule has 2 amide bonds. The van der Waals surface area contributed by atoms with E-state index < -0.39 is 5.82 Å². The molecule has 5 nitrogen and oxygen atoms in total. The summed E-state index contributed by atoms with van der Waals surface area (Å²) in [4.78, 5) is 31.4. The minimum Gasteiger partial charge on any atom is -0.491 e. The lowest BCUT2D eigenvalue weighted by Gasteiger charge is -2.37. The molecule has 1 aliphatic rings. The summed E-state index contributed by atoms with van der Waals surface area (Å²) in [5, 5.41) is 2.00. The highest BCUT2D eigenvalue weighted by Crippen LogP contribution is 2.34. The van der Waals surface area contributed by atoms with Crippen LogP contribution in [0.3, 0.4) is 0 Å². The predicted molar refractivity (Wildman–Crippen MR) is 136 cm³/mol. The monoisotopic (exact) mass is 512 g/mol. The number of amides is 2. The van der Waals surface area contributed by atoms with E-state index in [9.17, 15) is 18.4 Å². The van der Waals surface area contributed by atoms with E-state index in [1.165, 1.54) is 41.3 Å². The number of thiophene rings is 1. The van der Waals surface area contributed by atoms with Gasteiger partial charge < -0.3 is 14.5 Å². The van der Waals surface area contributed by atoms with Crippen LogP contribution in [0.5, 0.6) is 5.75 Å². The van der Waals surface area contributed by atoms with Gasteiger partial charge in [0.15, 0.2) is 0 Å². The van der Waals surface area contributed by atoms with Gasteiger partial charge in [-0.1, -0.05) is 26.3 Å². The minimum atomic E-state index is -0.419. The Bertz CT molecular complexity index is 1200. The normalized spacial score (nSPS) is 15.8. The summed E-state index contributed by atoms with van der Waals surface area (Å²) in [7, 11) is 0. The lowest BCUT2D eigenvalue weighted by molar-refractivity contribution is -0.135. The first-order valence-electron chi connectivity index (χ1n) is 12.1. The van der Waals surface area contributed by atoms with Crippen molar-refractivity contribution in [2.24, 2.45) is 5.92 Å². The molecule has 0 bridgehead atoms. The van der Waals surface area contributed by atoms with Crippen LogP contribution in [-0.2, 0) is 11.2 Å². The van der Waals surface area contributed by atoms with Crippen molar-refractivity contribution in [1.29, 1.82) is 0 Å². The Hall–Kier alpha value is -3.26. The molecule has 0 aliphatic carbocycles. The maximum Gasteiger partial charge on any atom is 0.254 e. The number of ether oxygens (including phenoxy) is 1. The van der Waals surface area contributed by atoms with Gasteiger partial charge in [0, 0.05) is 29.6 Å². The third-order valence-corrected chi connectivity index (χ3v) is 7.55. The Morgan fingerprint density at radius 3 is 2.64 bits per heavy atom. The fourth-order valence-corrected chi connectivity index (χ4v) is 5.29. The van der Waals surface area contributed by atoms with E-state index in [-0.39, 0.29) is 42.7 Å². The van der Waals surface area contributed by atoms with Crippen molar-refractivity contribution >= 4 is 23.2 Å². The lowest BCUT2D eigenvalue weighted by Crippen LogP contribution is -2.48. The topological polar surface area (TPSA) is 49.9 Å². The van der Waals surface area contributed by atoms with E-state index in [4.69, 9.17) is 4.74 Å². The smallest absolute Gasteiger partial charge is 0.254 e. The molecule has 36 heavy (non-hydrogen) atoms. The molecule has 4 rings (SSSR count). The summed E-state index contributed by atoms with van der Waals surface area (Å²) < 4.78 is 32.9. The minimum absolute atomic E-state index is 0.0868. The first-order chi connectivity index (χ1) is 17.4. The molecular formula is C28H30F2N2O3S. The first-order valence-corrected chi connectivity index (χ1v) is 13.0. The first kappa shape index (κ1) is 25.8. The molecule has 1 aromatic heterocycles. The Morgan fingerprint density at radius 2 is 1.92 bits per heavy atom. The van der Waals surface area contributed by atoms with Crippen molar-refractivity contribution in [1.82, 2.24) is 9.80 Å². The van der Waals surface area contributed by atoms with Crippen LogP contribution >= 0.6 is 11.3 Å². The number of carbonyl (C=O) groups excluding carboxylic acids is 2. The second-order valence-electron chi connectivity index (χ2n) is 9.13. The van der Waals surface area contributed by atoms with E-state index in [1.807, 2.05) is 25.3 Å². The zero-order valence-corrected chi connectivity index (χ0v) is 21.3. The molecule has 3 aromatic rings. The summed E-state index contributed by atoms with van der Waals surface area (Å²) >= 11 is 1.65. The second-order valence-corrected chi connectivity index (χ2v) is 10.1. The van der Waals surface area contributed by atoms with Crippen LogP contribution in [0.25, 0.3) is 0 Å². The van der Waals surface area contributed by atoms with Gasteiger partial charge in [-0.05, 0) is 65.7 Å². The van der Waals surface area contributed by atoms with Crippen molar-refractivity contribution in [3.63, 3.8) is 0 Å². The fraction of sp³-hybridized carbons (Fsp3) is 0.357. The molecule has 2 heterocycles. The van der Waals surface area contributed by atoms with E-state index in [2.05, 4.69) is 0 Å². The number of fused-ring (bicyclic) bond motifs is 1. The summed E-state index contributed by atoms with van der Waals surface area (Å²) in [6.07, 6.45) is 1.58. The SMILES string of the molecule is CC[C@@H](C)CN(CC(=O)N1CCc2sccc2[C@H]1COc1cccc(F)c1)C(=O)c1ccc(F)cc1. The van der Waals surface area contributed by atoms with E-state index >= 15 is 0 Å². The van der Waals surface area contributed by atoms with Crippen LogP contribution in [0.4, 0.5) is 8.78 Å². The van der Waals surface area contributed by atoms with Crippen LogP contribution in [0.15, 0.2) is 60.0 Å². The maximum absolute atomic E-state index is 13.6. The van der Waals surface area contributed by atoms with Crippen LogP contribution in [0.1, 0.15) is 47.1 Å². The van der Waals surface area contributed by atoms with E-state index in [0.717, 1.165) is 18.4 Å². The Balaban J connectivity index is 1.54. The van der Waals surface area contributed by atoms with Crippen molar-refractivity contribution in [3.05, 3.63) is 87.6 Å². The predicted octanol–water partition coefficient (Wildman–Crippen LogP) is 5.72. The number of hydrogen-bond acceptors (Lipinski definition) is 4. The summed E-state index contributed by atoms with van der Waals surface area (Å²) in [5.74, 6) is -0.700. The molecule has 0 saturated carbocycles. The molecule has 0 radical (unpaired) electrons. The zero-order chi connectivity index (χ0) is 25.7. The highest BCUT2D eigenvalue weighted by Gasteiger charge is 2.34. The lowest BCUT2D eigenvalue weighted by atomic mass is 10.00. The van der Waals surface area contributed by atoms with E-state index in [1.54, 1.807) is 33.3 Å². The Morgan fingerprint density at radius 1 is 1.14 bits per heavy atom. The molecule has 190 valence electrons. The largest absolute Gasteiger partial charge is 0.491 e. The number of benzene rings is 2. The van der Waals surface area contributed by atoms with Crippen molar-refractivity contribution in [2.45, 2.75) is 32.7 Å². The number of carbonyl (C=O) groups is 2. The molecule has 0 unspecified atom stereocenters. The summed E-state index contributed by atoms with van der Waals surface area (Å²) in [5.41, 5.74) is 1.37. The number of nitrogens with zero attached hydrogens (tertiary/aromatic N) is 2. The Labute approximate surface area is 214 Å². The van der Waals surface area contributed by atoms with Gasteiger partial charge in [0.05, 0.1) is 6.04 Å². The van der Waals surface area contributed by atoms with Gasteiger partial charge in [0.1, 0.15) is 30.5 Å². The molecule has 0 fully saturated rings. The van der Waals surface area contributed by atoms with Gasteiger partial charge in [-0.25, -0.2) is 8.78 Å². The van der Waals surface area contributed by atoms with Crippen molar-refractivity contribution in [2.75, 3.05) is 26.2 Å². The van der Waals surface area contributed by atoms with Crippen molar-refractivity contribution in [3.8, 4) is 5.75 Å². The number of rotatable bonds is 9. The maximum atomic E-state index is 13.6. The quantitative estimate of drug-likeness (QED) is 0.369. The molecule has 1 aliphatic heterocycles. The third kappa shape index (κ3) is 6.10. The molecule has 0 N–H and O–H groups in total. The Kier molecular flexibility index (Phi) is 8.36. The van der Waals surface area contributed by atoms with Crippen LogP contribution in [-0.4, -0.2) is 47.9 Å². The van der Waals surface area contributed by atoms with Gasteiger partial charge in [0.2, 0.25) is 5.91 Å². The molecule has 0 spiro atoms. The summed E-state index contributed by atoms with van der Waals surface area (Å²) in [6, 6.07) is 13.0. The number of hydrogen-bond donors (Lipinski definition) is 0.